The summed E-state index contributed by atoms with van der Waals surface area (Å²) in [7, 11) is -3.38. The zero-order valence-electron chi connectivity index (χ0n) is 11.8. The van der Waals surface area contributed by atoms with E-state index in [0.717, 1.165) is 42.9 Å². The highest BCUT2D eigenvalue weighted by atomic mass is 32.2. The van der Waals surface area contributed by atoms with Crippen LogP contribution in [0.2, 0.25) is 0 Å². The number of anilines is 1. The van der Waals surface area contributed by atoms with Crippen LogP contribution in [0.1, 0.15) is 24.4 Å². The molecule has 1 aromatic rings. The van der Waals surface area contributed by atoms with E-state index in [9.17, 15) is 13.2 Å². The third kappa shape index (κ3) is 3.36. The van der Waals surface area contributed by atoms with E-state index in [1.165, 1.54) is 18.3 Å². The molecule has 1 aromatic heterocycles. The maximum atomic E-state index is 11.9. The van der Waals surface area contributed by atoms with Crippen molar-refractivity contribution < 1.29 is 13.2 Å². The molecular weight excluding hydrogens is 298 g/mol. The summed E-state index contributed by atoms with van der Waals surface area (Å²) < 4.78 is 22.7. The molecule has 112 valence electrons. The molecule has 1 unspecified atom stereocenters. The normalized spacial score (nSPS) is 17.6. The van der Waals surface area contributed by atoms with E-state index in [-0.39, 0.29) is 0 Å². The van der Waals surface area contributed by atoms with E-state index in [4.69, 9.17) is 0 Å². The van der Waals surface area contributed by atoms with Gasteiger partial charge in [0.2, 0.25) is 5.91 Å². The van der Waals surface area contributed by atoms with E-state index < -0.39 is 21.0 Å². The molecule has 1 amide bonds. The van der Waals surface area contributed by atoms with Gasteiger partial charge < -0.3 is 5.32 Å². The topological polar surface area (TPSA) is 79.4 Å². The maximum absolute atomic E-state index is 11.9. The molecular formula is C12H19N3O3S2. The van der Waals surface area contributed by atoms with Gasteiger partial charge in [-0.05, 0) is 13.5 Å². The van der Waals surface area contributed by atoms with Crippen LogP contribution in [-0.4, -0.2) is 48.8 Å². The van der Waals surface area contributed by atoms with Gasteiger partial charge in [0.05, 0.1) is 5.69 Å². The quantitative estimate of drug-likeness (QED) is 0.892. The molecule has 0 fully saturated rings. The second-order valence-electron chi connectivity index (χ2n) is 4.97. The summed E-state index contributed by atoms with van der Waals surface area (Å²) in [5.74, 6) is -0.522. The third-order valence-electron chi connectivity index (χ3n) is 3.50. The molecule has 1 atom stereocenters. The molecule has 0 bridgehead atoms. The van der Waals surface area contributed by atoms with Crippen LogP contribution < -0.4 is 5.32 Å². The van der Waals surface area contributed by atoms with Crippen molar-refractivity contribution >= 4 is 32.2 Å². The number of hydrogen-bond donors (Lipinski definition) is 1. The molecule has 6 nitrogen and oxygen atoms in total. The Morgan fingerprint density at radius 1 is 1.55 bits per heavy atom. The lowest BCUT2D eigenvalue weighted by Gasteiger charge is -2.23. The van der Waals surface area contributed by atoms with Crippen molar-refractivity contribution in [2.24, 2.45) is 0 Å². The highest BCUT2D eigenvalue weighted by molar-refractivity contribution is 7.92. The molecule has 20 heavy (non-hydrogen) atoms. The van der Waals surface area contributed by atoms with Crippen LogP contribution in [0.3, 0.4) is 0 Å². The zero-order valence-corrected chi connectivity index (χ0v) is 13.5. The van der Waals surface area contributed by atoms with E-state index >= 15 is 0 Å². The number of likely N-dealkylation sites (N-methyl/N-ethyl adjacent to an activating group) is 1. The molecule has 2 rings (SSSR count). The maximum Gasteiger partial charge on any atom is 0.244 e. The first-order chi connectivity index (χ1) is 9.31. The van der Waals surface area contributed by atoms with Gasteiger partial charge in [0.1, 0.15) is 5.25 Å². The molecule has 1 aliphatic rings. The lowest BCUT2D eigenvalue weighted by molar-refractivity contribution is -0.115. The number of thiazole rings is 1. The van der Waals surface area contributed by atoms with Crippen molar-refractivity contribution in [3.8, 4) is 0 Å². The molecule has 0 aliphatic carbocycles. The average molecular weight is 317 g/mol. The van der Waals surface area contributed by atoms with Crippen molar-refractivity contribution in [3.05, 3.63) is 10.6 Å². The number of amides is 1. The molecule has 0 spiro atoms. The summed E-state index contributed by atoms with van der Waals surface area (Å²) in [6, 6.07) is 0. The Morgan fingerprint density at radius 2 is 2.25 bits per heavy atom. The molecule has 8 heteroatoms. The smallest absolute Gasteiger partial charge is 0.244 e. The minimum Gasteiger partial charge on any atom is -0.301 e. The molecule has 1 N–H and O–H groups in total. The van der Waals surface area contributed by atoms with E-state index in [0.29, 0.717) is 5.13 Å². The van der Waals surface area contributed by atoms with Gasteiger partial charge >= 0.3 is 0 Å². The highest BCUT2D eigenvalue weighted by Crippen LogP contribution is 2.28. The van der Waals surface area contributed by atoms with E-state index in [1.54, 1.807) is 0 Å². The van der Waals surface area contributed by atoms with Crippen molar-refractivity contribution in [1.29, 1.82) is 0 Å². The number of nitrogens with zero attached hydrogens (tertiary/aromatic N) is 2. The summed E-state index contributed by atoms with van der Waals surface area (Å²) in [6.07, 6.45) is 1.93. The van der Waals surface area contributed by atoms with Crippen LogP contribution >= 0.6 is 11.3 Å². The molecule has 0 saturated carbocycles. The molecule has 2 heterocycles. The van der Waals surface area contributed by atoms with Gasteiger partial charge in [-0.3, -0.25) is 9.69 Å². The standard InChI is InChI=1S/C12H19N3O3S2/c1-4-15-6-5-9-10(7-15)19-12(13-9)14-11(16)8(2)20(3,17)18/h8H,4-7H2,1-3H3,(H,13,14,16). The number of carbonyl (C=O) groups is 1. The fourth-order valence-corrected chi connectivity index (χ4v) is 3.47. The Bertz CT molecular complexity index is 609. The lowest BCUT2D eigenvalue weighted by atomic mass is 10.2. The SMILES string of the molecule is CCN1CCc2nc(NC(=O)C(C)S(C)(=O)=O)sc2C1. The number of aromatic nitrogens is 1. The Kier molecular flexibility index (Phi) is 4.46. The molecule has 1 aliphatic heterocycles. The number of carbonyl (C=O) groups excluding carboxylic acids is 1. The second-order valence-corrected chi connectivity index (χ2v) is 8.42. The average Bonchev–Trinajstić information content (AvgIpc) is 2.77. The fraction of sp³-hybridized carbons (Fsp3) is 0.667. The van der Waals surface area contributed by atoms with Crippen LogP contribution in [0.4, 0.5) is 5.13 Å². The summed E-state index contributed by atoms with van der Waals surface area (Å²) >= 11 is 1.43. The predicted molar refractivity (Wildman–Crippen MR) is 79.7 cm³/mol. The minimum absolute atomic E-state index is 0.494. The third-order valence-corrected chi connectivity index (χ3v) is 6.00. The monoisotopic (exact) mass is 317 g/mol. The summed E-state index contributed by atoms with van der Waals surface area (Å²) in [5, 5.41) is 2.04. The van der Waals surface area contributed by atoms with Crippen LogP contribution in [0, 0.1) is 0 Å². The van der Waals surface area contributed by atoms with Gasteiger partial charge in [-0.15, -0.1) is 11.3 Å². The summed E-state index contributed by atoms with van der Waals surface area (Å²) in [5.41, 5.74) is 1.02. The van der Waals surface area contributed by atoms with Gasteiger partial charge in [-0.1, -0.05) is 6.92 Å². The number of sulfone groups is 1. The Labute approximate surface area is 123 Å². The highest BCUT2D eigenvalue weighted by Gasteiger charge is 2.26. The van der Waals surface area contributed by atoms with E-state index in [2.05, 4.69) is 22.1 Å². The minimum atomic E-state index is -3.38. The van der Waals surface area contributed by atoms with Gasteiger partial charge in [0.25, 0.3) is 0 Å². The first kappa shape index (κ1) is 15.4. The largest absolute Gasteiger partial charge is 0.301 e. The lowest BCUT2D eigenvalue weighted by Crippen LogP contribution is -2.31. The first-order valence-electron chi connectivity index (χ1n) is 6.52. The number of nitrogens with one attached hydrogen (secondary N) is 1. The molecule has 0 saturated heterocycles. The van der Waals surface area contributed by atoms with Gasteiger partial charge in [0.15, 0.2) is 15.0 Å². The van der Waals surface area contributed by atoms with Crippen LogP contribution in [0.25, 0.3) is 0 Å². The zero-order chi connectivity index (χ0) is 14.9. The van der Waals surface area contributed by atoms with Crippen molar-refractivity contribution in [1.82, 2.24) is 9.88 Å². The Hall–Kier alpha value is -0.990. The van der Waals surface area contributed by atoms with Gasteiger partial charge in [-0.25, -0.2) is 13.4 Å². The van der Waals surface area contributed by atoms with E-state index in [1.807, 2.05) is 0 Å². The number of rotatable bonds is 4. The molecule has 0 aromatic carbocycles. The van der Waals surface area contributed by atoms with Gasteiger partial charge in [0, 0.05) is 30.6 Å². The van der Waals surface area contributed by atoms with Crippen LogP contribution in [0.15, 0.2) is 0 Å². The summed E-state index contributed by atoms with van der Waals surface area (Å²) in [6.45, 7) is 6.31. The summed E-state index contributed by atoms with van der Waals surface area (Å²) in [4.78, 5) is 19.7. The van der Waals surface area contributed by atoms with Crippen LogP contribution in [-0.2, 0) is 27.6 Å². The second kappa shape index (κ2) is 5.79. The number of fused-ring (bicyclic) bond motifs is 1. The first-order valence-corrected chi connectivity index (χ1v) is 9.29. The molecule has 0 radical (unpaired) electrons. The fourth-order valence-electron chi connectivity index (χ4n) is 1.97. The Morgan fingerprint density at radius 3 is 2.85 bits per heavy atom. The van der Waals surface area contributed by atoms with Crippen molar-refractivity contribution in [2.45, 2.75) is 32.1 Å². The predicted octanol–water partition coefficient (Wildman–Crippen LogP) is 0.893. The van der Waals surface area contributed by atoms with Gasteiger partial charge in [-0.2, -0.15) is 0 Å². The van der Waals surface area contributed by atoms with Crippen molar-refractivity contribution in [3.63, 3.8) is 0 Å². The Balaban J connectivity index is 2.09. The van der Waals surface area contributed by atoms with Crippen molar-refractivity contribution in [2.75, 3.05) is 24.7 Å². The van der Waals surface area contributed by atoms with Crippen LogP contribution in [0.5, 0.6) is 0 Å². The number of hydrogen-bond acceptors (Lipinski definition) is 6.